The molecule has 0 spiro atoms. The predicted molar refractivity (Wildman–Crippen MR) is 106 cm³/mol. The van der Waals surface area contributed by atoms with Gasteiger partial charge in [0.1, 0.15) is 73.2 Å². The molecule has 3 heterocycles. The first-order chi connectivity index (χ1) is 16.6. The Kier molecular flexibility index (Phi) is 10.1. The number of rotatable bonds is 8. The Balaban J connectivity index is 1.78. The minimum atomic E-state index is -1.86. The normalized spacial score (nSPS) is 51.3. The van der Waals surface area contributed by atoms with Crippen LogP contribution in [-0.2, 0) is 28.4 Å². The highest BCUT2D eigenvalue weighted by atomic mass is 16.8. The number of hydrogen-bond acceptors (Lipinski definition) is 16. The minimum Gasteiger partial charge on any atom is -0.394 e. The van der Waals surface area contributed by atoms with Crippen molar-refractivity contribution in [2.75, 3.05) is 26.9 Å². The van der Waals surface area contributed by atoms with Crippen LogP contribution in [0.2, 0.25) is 0 Å². The van der Waals surface area contributed by atoms with Crippen LogP contribution < -0.4 is 0 Å². The molecular formula is C19H34O16. The highest BCUT2D eigenvalue weighted by Crippen LogP contribution is 2.32. The maximum absolute atomic E-state index is 10.8. The summed E-state index contributed by atoms with van der Waals surface area (Å²) in [7, 11) is 1.20. The Bertz CT molecular complexity index is 652. The lowest BCUT2D eigenvalue weighted by atomic mass is 9.96. The molecule has 3 aliphatic rings. The summed E-state index contributed by atoms with van der Waals surface area (Å²) in [4.78, 5) is 0. The van der Waals surface area contributed by atoms with Crippen molar-refractivity contribution in [1.82, 2.24) is 0 Å². The van der Waals surface area contributed by atoms with Crippen LogP contribution in [0.1, 0.15) is 0 Å². The van der Waals surface area contributed by atoms with Crippen LogP contribution >= 0.6 is 0 Å². The molecule has 0 bridgehead atoms. The van der Waals surface area contributed by atoms with Crippen molar-refractivity contribution in [3.63, 3.8) is 0 Å². The Morgan fingerprint density at radius 2 is 0.914 bits per heavy atom. The van der Waals surface area contributed by atoms with Gasteiger partial charge in [-0.3, -0.25) is 0 Å². The molecule has 3 aliphatic heterocycles. The maximum Gasteiger partial charge on any atom is 0.187 e. The molecule has 35 heavy (non-hydrogen) atoms. The minimum absolute atomic E-state index is 0.638. The highest BCUT2D eigenvalue weighted by Gasteiger charge is 2.53. The third-order valence-electron chi connectivity index (χ3n) is 6.31. The summed E-state index contributed by atoms with van der Waals surface area (Å²) < 4.78 is 32.1. The van der Waals surface area contributed by atoms with E-state index in [1.54, 1.807) is 0 Å². The van der Waals surface area contributed by atoms with E-state index >= 15 is 0 Å². The molecule has 206 valence electrons. The summed E-state index contributed by atoms with van der Waals surface area (Å²) in [6, 6.07) is 0. The monoisotopic (exact) mass is 518 g/mol. The standard InChI is InChI=1S/C19H34O16/c1-30-19-16(12(27)9(24)6(3-21)33-19)35-18-14(29)15(10(25)7(4-22)32-18)34-17-13(28)11(26)8(23)5(2-20)31-17/h5-29H,2-4H2,1H3/t5-,6-,7-,8-,9-,10-,11+,12+,13-,14+,15+,16+,17-,18-,19+/m1/s1. The second-order valence-electron chi connectivity index (χ2n) is 8.55. The van der Waals surface area contributed by atoms with E-state index < -0.39 is 112 Å². The lowest BCUT2D eigenvalue weighted by Gasteiger charge is -2.48. The van der Waals surface area contributed by atoms with Gasteiger partial charge in [-0.25, -0.2) is 0 Å². The lowest BCUT2D eigenvalue weighted by molar-refractivity contribution is -0.384. The van der Waals surface area contributed by atoms with Crippen LogP contribution in [0.25, 0.3) is 0 Å². The molecular weight excluding hydrogens is 484 g/mol. The fraction of sp³-hybridized carbons (Fsp3) is 1.00. The summed E-state index contributed by atoms with van der Waals surface area (Å²) in [5.41, 5.74) is 0. The van der Waals surface area contributed by atoms with Gasteiger partial charge in [-0.2, -0.15) is 0 Å². The fourth-order valence-corrected chi connectivity index (χ4v) is 4.21. The van der Waals surface area contributed by atoms with Crippen molar-refractivity contribution in [1.29, 1.82) is 0 Å². The molecule has 0 aromatic carbocycles. The molecule has 15 atom stereocenters. The molecule has 16 nitrogen and oxygen atoms in total. The summed E-state index contributed by atoms with van der Waals surface area (Å²) in [5.74, 6) is 0. The van der Waals surface area contributed by atoms with Crippen LogP contribution in [-0.4, -0.2) is 170 Å². The topological polar surface area (TPSA) is 258 Å². The largest absolute Gasteiger partial charge is 0.394 e. The molecule has 0 saturated carbocycles. The molecule has 0 amide bonds. The smallest absolute Gasteiger partial charge is 0.187 e. The van der Waals surface area contributed by atoms with Gasteiger partial charge in [0.05, 0.1) is 19.8 Å². The van der Waals surface area contributed by atoms with Crippen molar-refractivity contribution < 1.29 is 79.5 Å². The molecule has 10 N–H and O–H groups in total. The molecule has 0 aliphatic carbocycles. The molecule has 16 heteroatoms. The van der Waals surface area contributed by atoms with E-state index in [1.807, 2.05) is 0 Å². The SMILES string of the molecule is CO[C@H]1O[C@H](CO)[C@@H](O)[C@H](O)[C@@H]1O[C@H]1O[C@H](CO)[C@@H](O)[C@H](O[C@H]2O[C@H](CO)[C@@H](O)[C@H](O)[C@H]2O)[C@@H]1O. The van der Waals surface area contributed by atoms with E-state index in [0.29, 0.717) is 0 Å². The van der Waals surface area contributed by atoms with Crippen LogP contribution in [0.4, 0.5) is 0 Å². The second kappa shape index (κ2) is 12.3. The van der Waals surface area contributed by atoms with E-state index in [4.69, 9.17) is 28.4 Å². The quantitative estimate of drug-likeness (QED) is 0.143. The second-order valence-corrected chi connectivity index (χ2v) is 8.55. The molecule has 3 saturated heterocycles. The van der Waals surface area contributed by atoms with Crippen LogP contribution in [0.3, 0.4) is 0 Å². The third kappa shape index (κ3) is 5.78. The zero-order valence-electron chi connectivity index (χ0n) is 18.7. The first-order valence-electron chi connectivity index (χ1n) is 11.0. The summed E-state index contributed by atoms with van der Waals surface area (Å²) in [6.45, 7) is -2.17. The van der Waals surface area contributed by atoms with Crippen LogP contribution in [0, 0.1) is 0 Å². The average Bonchev–Trinajstić information content (AvgIpc) is 2.86. The van der Waals surface area contributed by atoms with Gasteiger partial charge >= 0.3 is 0 Å². The summed E-state index contributed by atoms with van der Waals surface area (Å²) in [5, 5.41) is 100. The van der Waals surface area contributed by atoms with E-state index in [2.05, 4.69) is 0 Å². The zero-order chi connectivity index (χ0) is 26.0. The van der Waals surface area contributed by atoms with Gasteiger partial charge in [0.25, 0.3) is 0 Å². The van der Waals surface area contributed by atoms with Crippen molar-refractivity contribution in [3.8, 4) is 0 Å². The molecule has 0 unspecified atom stereocenters. The summed E-state index contributed by atoms with van der Waals surface area (Å²) >= 11 is 0. The van der Waals surface area contributed by atoms with Crippen molar-refractivity contribution in [3.05, 3.63) is 0 Å². The summed E-state index contributed by atoms with van der Waals surface area (Å²) in [6.07, 6.45) is -24.0. The number of ether oxygens (including phenoxy) is 6. The first-order valence-corrected chi connectivity index (χ1v) is 11.0. The maximum atomic E-state index is 10.8. The Morgan fingerprint density at radius 1 is 0.486 bits per heavy atom. The van der Waals surface area contributed by atoms with Gasteiger partial charge < -0.3 is 79.5 Å². The van der Waals surface area contributed by atoms with Crippen molar-refractivity contribution in [2.45, 2.75) is 92.1 Å². The van der Waals surface area contributed by atoms with Gasteiger partial charge in [0, 0.05) is 7.11 Å². The Morgan fingerprint density at radius 3 is 1.43 bits per heavy atom. The molecule has 0 radical (unpaired) electrons. The Labute approximate surface area is 199 Å². The van der Waals surface area contributed by atoms with Crippen molar-refractivity contribution in [2.24, 2.45) is 0 Å². The average molecular weight is 518 g/mol. The van der Waals surface area contributed by atoms with Crippen LogP contribution in [0.15, 0.2) is 0 Å². The third-order valence-corrected chi connectivity index (χ3v) is 6.31. The Hall–Kier alpha value is -0.640. The van der Waals surface area contributed by atoms with E-state index in [-0.39, 0.29) is 0 Å². The fourth-order valence-electron chi connectivity index (χ4n) is 4.21. The van der Waals surface area contributed by atoms with Crippen LogP contribution in [0.5, 0.6) is 0 Å². The van der Waals surface area contributed by atoms with Gasteiger partial charge in [-0.15, -0.1) is 0 Å². The highest BCUT2D eigenvalue weighted by molar-refractivity contribution is 4.96. The molecule has 3 fully saturated rings. The number of methoxy groups -OCH3 is 1. The first kappa shape index (κ1) is 28.9. The van der Waals surface area contributed by atoms with Gasteiger partial charge in [0.15, 0.2) is 18.9 Å². The van der Waals surface area contributed by atoms with Gasteiger partial charge in [-0.05, 0) is 0 Å². The molecule has 0 aromatic rings. The van der Waals surface area contributed by atoms with Gasteiger partial charge in [-0.1, -0.05) is 0 Å². The molecule has 3 rings (SSSR count). The number of aliphatic hydroxyl groups is 10. The zero-order valence-corrected chi connectivity index (χ0v) is 18.7. The van der Waals surface area contributed by atoms with E-state index in [1.165, 1.54) is 7.11 Å². The number of hydrogen-bond donors (Lipinski definition) is 10. The van der Waals surface area contributed by atoms with E-state index in [0.717, 1.165) is 0 Å². The van der Waals surface area contributed by atoms with Gasteiger partial charge in [0.2, 0.25) is 0 Å². The lowest BCUT2D eigenvalue weighted by Crippen LogP contribution is -2.66. The number of aliphatic hydroxyl groups excluding tert-OH is 10. The predicted octanol–water partition coefficient (Wildman–Crippen LogP) is -6.92. The van der Waals surface area contributed by atoms with E-state index in [9.17, 15) is 51.1 Å². The molecule has 0 aromatic heterocycles. The van der Waals surface area contributed by atoms with Crippen molar-refractivity contribution >= 4 is 0 Å².